The fraction of sp³-hybridized carbons (Fsp3) is 0.582. The van der Waals surface area contributed by atoms with Crippen molar-refractivity contribution in [2.45, 2.75) is 241 Å². The fourth-order valence-electron chi connectivity index (χ4n) is 15.2. The Morgan fingerprint density at radius 2 is 0.856 bits per heavy atom. The predicted molar refractivity (Wildman–Crippen MR) is 455 cm³/mol. The molecule has 13 atom stereocenters. The summed E-state index contributed by atoms with van der Waals surface area (Å²) in [7, 11) is 9.84. The van der Waals surface area contributed by atoms with Gasteiger partial charge in [0.2, 0.25) is 59.1 Å². The van der Waals surface area contributed by atoms with Crippen molar-refractivity contribution < 1.29 is 77.2 Å². The van der Waals surface area contributed by atoms with Gasteiger partial charge in [0.25, 0.3) is 0 Å². The number of aliphatic hydroxyl groups excluding tert-OH is 2. The van der Waals surface area contributed by atoms with Crippen LogP contribution in [0.3, 0.4) is 0 Å². The van der Waals surface area contributed by atoms with Crippen LogP contribution in [-0.4, -0.2) is 251 Å². The first-order valence-electron chi connectivity index (χ1n) is 41.6. The second-order valence-electron chi connectivity index (χ2n) is 34.1. The summed E-state index contributed by atoms with van der Waals surface area (Å²) in [5.41, 5.74) is 5.50. The Balaban J connectivity index is 1.34. The molecule has 0 heterocycles. The van der Waals surface area contributed by atoms with E-state index in [1.165, 1.54) is 75.9 Å². The number of carbonyl (C=O) groups is 12. The number of esters is 1. The number of ether oxygens (including phenoxy) is 2. The molecule has 0 spiro atoms. The van der Waals surface area contributed by atoms with E-state index in [1.807, 2.05) is 165 Å². The highest BCUT2D eigenvalue weighted by molar-refractivity contribution is 5.99. The lowest BCUT2D eigenvalue weighted by Gasteiger charge is -2.41. The zero-order chi connectivity index (χ0) is 88.4. The van der Waals surface area contributed by atoms with Gasteiger partial charge in [0.1, 0.15) is 79.7 Å². The molecular weight excluding hydrogens is 1500 g/mol. The van der Waals surface area contributed by atoms with Crippen molar-refractivity contribution in [1.82, 2.24) is 55.6 Å². The van der Waals surface area contributed by atoms with Crippen LogP contribution in [0, 0.1) is 41.4 Å². The molecule has 5 rings (SSSR count). The summed E-state index contributed by atoms with van der Waals surface area (Å²) in [6, 6.07) is 19.6. The van der Waals surface area contributed by atoms with E-state index in [0.717, 1.165) is 48.1 Å². The summed E-state index contributed by atoms with van der Waals surface area (Å²) in [5, 5.41) is 34.1. The smallest absolute Gasteiger partial charge is 0.407 e. The molecule has 118 heavy (non-hydrogen) atoms. The number of benzene rings is 4. The largest absolute Gasteiger partial charge is 0.459 e. The zero-order valence-electron chi connectivity index (χ0n) is 73.9. The van der Waals surface area contributed by atoms with Gasteiger partial charge < -0.3 is 75.3 Å². The minimum absolute atomic E-state index is 0.0331. The van der Waals surface area contributed by atoms with E-state index in [-0.39, 0.29) is 87.7 Å². The molecule has 0 aliphatic heterocycles. The molecule has 11 amide bonds. The van der Waals surface area contributed by atoms with Gasteiger partial charge in [0.15, 0.2) is 0 Å². The summed E-state index contributed by atoms with van der Waals surface area (Å²) < 4.78 is 11.5. The molecular formula is C91H135N11O16. The lowest BCUT2D eigenvalue weighted by atomic mass is 9.91. The van der Waals surface area contributed by atoms with Gasteiger partial charge in [-0.05, 0) is 127 Å². The summed E-state index contributed by atoms with van der Waals surface area (Å²) in [6.07, 6.45) is 1.85. The number of hydrogen-bond acceptors (Lipinski definition) is 16. The van der Waals surface area contributed by atoms with E-state index in [9.17, 15) is 48.6 Å². The molecule has 27 nitrogen and oxygen atoms in total. The molecule has 1 aliphatic carbocycles. The number of nitrogens with zero attached hydrogens (tertiary/aromatic N) is 7. The highest BCUT2D eigenvalue weighted by atomic mass is 16.5. The summed E-state index contributed by atoms with van der Waals surface area (Å²) >= 11 is 0. The molecule has 0 fully saturated rings. The standard InChI is InChI=1S/C91H135N11O16/c1-24-26-37-60(15)79(104)78(102(23)89(114)77(59(13)14)101(22)87(112)75(49-57(9)10)100(21)86(111)74(48-56(7)8)99(20)85(110)71(51-103)94-91(116)118-53-68-66-44-35-33-42-64(66)65-43-34-36-45-67(65)68)82(107)92-69(25-2)84(109)96(17)61(16)83(108)97(18)73(47-55(5)6)81(106)95-76(58(11)12)88(113)98(19)72(46-54(3)4)80(105)93-70(50-62-38-29-27-30-39-62)90(115)117-52-63-40-31-28-32-41-63/h24,26-36,38-45,54-61,68-79,103-104H,25,37,46-53H2,1-23H3,(H,92,107)(H,93,105)(H,94,116)(H,95,106)/b26-24+/t60-,61-,69+,70+,71-,72+,73+,74+,75+,76+,77+,78+,79-/m1/s1. The van der Waals surface area contributed by atoms with Crippen LogP contribution in [0.5, 0.6) is 0 Å². The number of alkyl carbamates (subject to hydrolysis) is 1. The molecule has 0 aromatic heterocycles. The quantitative estimate of drug-likeness (QED) is 0.0178. The second kappa shape index (κ2) is 46.4. The normalized spacial score (nSPS) is 15.3. The highest BCUT2D eigenvalue weighted by Crippen LogP contribution is 2.44. The Bertz CT molecular complexity index is 4000. The van der Waals surface area contributed by atoms with Crippen molar-refractivity contribution >= 4 is 71.1 Å². The van der Waals surface area contributed by atoms with E-state index >= 15 is 19.2 Å². The average molecular weight is 1640 g/mol. The second-order valence-corrected chi connectivity index (χ2v) is 34.1. The molecule has 0 bridgehead atoms. The van der Waals surface area contributed by atoms with E-state index < -0.39 is 168 Å². The Morgan fingerprint density at radius 3 is 1.33 bits per heavy atom. The maximum atomic E-state index is 15.5. The molecule has 6 N–H and O–H groups in total. The first kappa shape index (κ1) is 98.6. The first-order valence-corrected chi connectivity index (χ1v) is 41.6. The van der Waals surface area contributed by atoms with Crippen LogP contribution < -0.4 is 21.3 Å². The Kier molecular flexibility index (Phi) is 38.7. The van der Waals surface area contributed by atoms with Crippen molar-refractivity contribution in [2.24, 2.45) is 41.4 Å². The monoisotopic (exact) mass is 1640 g/mol. The van der Waals surface area contributed by atoms with Gasteiger partial charge in [0.05, 0.1) is 12.7 Å². The third kappa shape index (κ3) is 26.5. The summed E-state index contributed by atoms with van der Waals surface area (Å²) in [4.78, 5) is 185. The molecule has 1 aliphatic rings. The first-order chi connectivity index (χ1) is 55.6. The van der Waals surface area contributed by atoms with E-state index in [1.54, 1.807) is 60.6 Å². The van der Waals surface area contributed by atoms with Gasteiger partial charge in [-0.25, -0.2) is 9.59 Å². The van der Waals surface area contributed by atoms with Gasteiger partial charge >= 0.3 is 12.1 Å². The van der Waals surface area contributed by atoms with Crippen LogP contribution in [0.4, 0.5) is 4.79 Å². The van der Waals surface area contributed by atoms with Crippen molar-refractivity contribution in [1.29, 1.82) is 0 Å². The molecule has 4 aromatic rings. The van der Waals surface area contributed by atoms with Gasteiger partial charge in [0, 0.05) is 61.7 Å². The van der Waals surface area contributed by atoms with E-state index in [0.29, 0.717) is 0 Å². The van der Waals surface area contributed by atoms with Crippen LogP contribution in [0.2, 0.25) is 0 Å². The number of rotatable bonds is 44. The maximum Gasteiger partial charge on any atom is 0.407 e. The Labute approximate surface area is 700 Å². The number of nitrogens with one attached hydrogen (secondary N) is 4. The van der Waals surface area contributed by atoms with Crippen LogP contribution in [0.15, 0.2) is 121 Å². The summed E-state index contributed by atoms with van der Waals surface area (Å²) in [6.45, 7) is 27.5. The van der Waals surface area contributed by atoms with E-state index in [4.69, 9.17) is 9.47 Å². The topological polar surface area (TPSA) is 335 Å². The van der Waals surface area contributed by atoms with Gasteiger partial charge in [-0.2, -0.15) is 0 Å². The third-order valence-electron chi connectivity index (χ3n) is 22.3. The highest BCUT2D eigenvalue weighted by Gasteiger charge is 2.47. The van der Waals surface area contributed by atoms with Gasteiger partial charge in [-0.1, -0.05) is 218 Å². The van der Waals surface area contributed by atoms with Crippen molar-refractivity contribution in [3.05, 3.63) is 144 Å². The third-order valence-corrected chi connectivity index (χ3v) is 22.3. The van der Waals surface area contributed by atoms with Crippen molar-refractivity contribution in [2.75, 3.05) is 62.5 Å². The number of carbonyl (C=O) groups excluding carboxylic acids is 12. The van der Waals surface area contributed by atoms with E-state index in [2.05, 4.69) is 21.3 Å². The molecule has 27 heteroatoms. The van der Waals surface area contributed by atoms with Crippen LogP contribution in [-0.2, 0) is 75.2 Å². The SMILES string of the molecule is C/C=C/C[C@@H](C)[C@@H](O)[C@@H](C(=O)N[C@@H](CC)C(=O)N(C)[C@H](C)C(=O)N(C)[C@@H](CC(C)C)C(=O)N[C@H](C(=O)N(C)[C@@H](CC(C)C)C(=O)N[C@@H](Cc1ccccc1)C(=O)OCc1ccccc1)C(C)C)N(C)C(=O)[C@H](C(C)C)N(C)C(=O)[C@H](CC(C)C)N(C)C(=O)[C@H](CC(C)C)N(C)C(=O)[C@@H](CO)NC(=O)OCC1c2ccccc2-c2ccccc21. The fourth-order valence-corrected chi connectivity index (χ4v) is 15.2. The number of likely N-dealkylation sites (N-methyl/N-ethyl adjacent to an activating group) is 7. The van der Waals surface area contributed by atoms with Crippen LogP contribution in [0.25, 0.3) is 11.1 Å². The van der Waals surface area contributed by atoms with Crippen molar-refractivity contribution in [3.63, 3.8) is 0 Å². The minimum Gasteiger partial charge on any atom is -0.459 e. The molecule has 0 radical (unpaired) electrons. The molecule has 0 unspecified atom stereocenters. The number of amides is 11. The predicted octanol–water partition coefficient (Wildman–Crippen LogP) is 9.01. The Hall–Kier alpha value is -10.0. The van der Waals surface area contributed by atoms with Crippen LogP contribution in [0.1, 0.15) is 177 Å². The Morgan fingerprint density at radius 1 is 0.432 bits per heavy atom. The maximum absolute atomic E-state index is 15.5. The van der Waals surface area contributed by atoms with Crippen molar-refractivity contribution in [3.8, 4) is 11.1 Å². The number of aliphatic hydroxyl groups is 2. The van der Waals surface area contributed by atoms with Crippen LogP contribution >= 0.6 is 0 Å². The lowest BCUT2D eigenvalue weighted by molar-refractivity contribution is -0.157. The zero-order valence-corrected chi connectivity index (χ0v) is 73.9. The number of hydrogen-bond donors (Lipinski definition) is 6. The molecule has 0 saturated carbocycles. The summed E-state index contributed by atoms with van der Waals surface area (Å²) in [5.74, 6) is -10.6. The minimum atomic E-state index is -1.69. The average Bonchev–Trinajstić information content (AvgIpc) is 1.59. The van der Waals surface area contributed by atoms with Gasteiger partial charge in [-0.3, -0.25) is 47.9 Å². The number of fused-ring (bicyclic) bond motifs is 3. The molecule has 4 aromatic carbocycles. The molecule has 650 valence electrons. The molecule has 0 saturated heterocycles. The number of allylic oxidation sites excluding steroid dienone is 2. The van der Waals surface area contributed by atoms with Gasteiger partial charge in [-0.15, -0.1) is 0 Å². The lowest BCUT2D eigenvalue weighted by Crippen LogP contribution is -2.64.